The van der Waals surface area contributed by atoms with Gasteiger partial charge in [-0.15, -0.1) is 21.5 Å². The van der Waals surface area contributed by atoms with Crippen LogP contribution in [0.3, 0.4) is 0 Å². The van der Waals surface area contributed by atoms with E-state index in [0.717, 1.165) is 11.3 Å². The molecular weight excluding hydrogens is 358 g/mol. The van der Waals surface area contributed by atoms with Crippen LogP contribution in [0.25, 0.3) is 16.9 Å². The van der Waals surface area contributed by atoms with Crippen LogP contribution in [-0.4, -0.2) is 28.2 Å². The van der Waals surface area contributed by atoms with Gasteiger partial charge in [-0.3, -0.25) is 4.72 Å². The van der Waals surface area contributed by atoms with Gasteiger partial charge in [-0.2, -0.15) is 9.61 Å². The van der Waals surface area contributed by atoms with E-state index in [4.69, 9.17) is 0 Å². The maximum absolute atomic E-state index is 12.2. The normalized spacial score (nSPS) is 11.7. The molecule has 0 spiro atoms. The quantitative estimate of drug-likeness (QED) is 0.596. The average Bonchev–Trinajstić information content (AvgIpc) is 3.26. The lowest BCUT2D eigenvalue weighted by molar-refractivity contribution is 0.603. The Labute approximate surface area is 148 Å². The van der Waals surface area contributed by atoms with E-state index in [1.807, 2.05) is 31.2 Å². The number of thiophene rings is 1. The maximum atomic E-state index is 12.2. The molecule has 0 aliphatic heterocycles. The van der Waals surface area contributed by atoms with Crippen LogP contribution in [0.5, 0.6) is 0 Å². The summed E-state index contributed by atoms with van der Waals surface area (Å²) in [5.74, 6) is 0.706. The lowest BCUT2D eigenvalue weighted by Crippen LogP contribution is -2.11. The van der Waals surface area contributed by atoms with Crippen LogP contribution in [0.1, 0.15) is 5.82 Å². The topological polar surface area (TPSA) is 89.2 Å². The van der Waals surface area contributed by atoms with Gasteiger partial charge in [-0.05, 0) is 42.6 Å². The summed E-state index contributed by atoms with van der Waals surface area (Å²) in [6, 6.07) is 14.0. The second kappa shape index (κ2) is 5.94. The SMILES string of the molecule is Cc1nnc2ccc(-c3ccc(NS(=O)(=O)c4cccs4)cc3)nn12. The van der Waals surface area contributed by atoms with Crippen molar-refractivity contribution in [2.45, 2.75) is 11.1 Å². The number of nitrogens with zero attached hydrogens (tertiary/aromatic N) is 4. The Morgan fingerprint density at radius 2 is 1.84 bits per heavy atom. The number of fused-ring (bicyclic) bond motifs is 1. The number of aryl methyl sites for hydroxylation is 1. The molecular formula is C16H13N5O2S2. The zero-order valence-corrected chi connectivity index (χ0v) is 14.8. The highest BCUT2D eigenvalue weighted by atomic mass is 32.2. The van der Waals surface area contributed by atoms with E-state index in [9.17, 15) is 8.42 Å². The number of anilines is 1. The number of sulfonamides is 1. The minimum atomic E-state index is -3.54. The predicted molar refractivity (Wildman–Crippen MR) is 96.1 cm³/mol. The number of aromatic nitrogens is 4. The fraction of sp³-hybridized carbons (Fsp3) is 0.0625. The molecule has 3 heterocycles. The molecule has 0 unspecified atom stereocenters. The molecule has 126 valence electrons. The molecule has 1 aromatic carbocycles. The Morgan fingerprint density at radius 1 is 1.04 bits per heavy atom. The third-order valence-corrected chi connectivity index (χ3v) is 6.39. The average molecular weight is 371 g/mol. The highest BCUT2D eigenvalue weighted by Gasteiger charge is 2.15. The van der Waals surface area contributed by atoms with E-state index in [0.29, 0.717) is 17.2 Å². The van der Waals surface area contributed by atoms with Crippen molar-refractivity contribution in [1.82, 2.24) is 19.8 Å². The van der Waals surface area contributed by atoms with Gasteiger partial charge >= 0.3 is 0 Å². The van der Waals surface area contributed by atoms with Crippen LogP contribution in [0.15, 0.2) is 58.1 Å². The Balaban J connectivity index is 1.62. The van der Waals surface area contributed by atoms with Gasteiger partial charge in [0, 0.05) is 11.3 Å². The monoisotopic (exact) mass is 371 g/mol. The second-order valence-electron chi connectivity index (χ2n) is 5.35. The largest absolute Gasteiger partial charge is 0.279 e. The molecule has 25 heavy (non-hydrogen) atoms. The van der Waals surface area contributed by atoms with Gasteiger partial charge in [0.15, 0.2) is 11.5 Å². The number of hydrogen-bond acceptors (Lipinski definition) is 6. The van der Waals surface area contributed by atoms with E-state index in [1.54, 1.807) is 34.2 Å². The van der Waals surface area contributed by atoms with Crippen molar-refractivity contribution < 1.29 is 8.42 Å². The molecule has 0 saturated heterocycles. The molecule has 3 aromatic heterocycles. The molecule has 0 fully saturated rings. The maximum Gasteiger partial charge on any atom is 0.271 e. The molecule has 4 rings (SSSR count). The summed E-state index contributed by atoms with van der Waals surface area (Å²) in [7, 11) is -3.54. The molecule has 0 atom stereocenters. The zero-order valence-electron chi connectivity index (χ0n) is 13.1. The van der Waals surface area contributed by atoms with Gasteiger partial charge in [0.1, 0.15) is 4.21 Å². The minimum absolute atomic E-state index is 0.284. The van der Waals surface area contributed by atoms with Crippen molar-refractivity contribution in [2.75, 3.05) is 4.72 Å². The molecule has 0 aliphatic rings. The summed E-state index contributed by atoms with van der Waals surface area (Å²) in [6.45, 7) is 1.83. The smallest absolute Gasteiger partial charge is 0.271 e. The van der Waals surface area contributed by atoms with Crippen molar-refractivity contribution in [1.29, 1.82) is 0 Å². The van der Waals surface area contributed by atoms with Gasteiger partial charge in [0.2, 0.25) is 0 Å². The van der Waals surface area contributed by atoms with Crippen LogP contribution in [0, 0.1) is 6.92 Å². The van der Waals surface area contributed by atoms with Crippen molar-refractivity contribution >= 4 is 32.7 Å². The molecule has 4 aromatic rings. The molecule has 9 heteroatoms. The van der Waals surface area contributed by atoms with Gasteiger partial charge in [-0.25, -0.2) is 8.42 Å². The lowest BCUT2D eigenvalue weighted by atomic mass is 10.1. The summed E-state index contributed by atoms with van der Waals surface area (Å²) in [5.41, 5.74) is 2.80. The number of nitrogens with one attached hydrogen (secondary N) is 1. The van der Waals surface area contributed by atoms with Gasteiger partial charge in [0.25, 0.3) is 10.0 Å². The van der Waals surface area contributed by atoms with Crippen molar-refractivity contribution in [2.24, 2.45) is 0 Å². The standard InChI is InChI=1S/C16H13N5O2S2/c1-11-17-18-15-9-8-14(19-21(11)15)12-4-6-13(7-5-12)20-25(22,23)16-3-2-10-24-16/h2-10,20H,1H3. The van der Waals surface area contributed by atoms with E-state index >= 15 is 0 Å². The van der Waals surface area contributed by atoms with Gasteiger partial charge < -0.3 is 0 Å². The van der Waals surface area contributed by atoms with E-state index < -0.39 is 10.0 Å². The van der Waals surface area contributed by atoms with Crippen LogP contribution in [0.2, 0.25) is 0 Å². The van der Waals surface area contributed by atoms with Gasteiger partial charge in [-0.1, -0.05) is 18.2 Å². The molecule has 0 radical (unpaired) electrons. The Morgan fingerprint density at radius 3 is 2.56 bits per heavy atom. The molecule has 0 saturated carbocycles. The molecule has 0 aliphatic carbocycles. The third-order valence-electron chi connectivity index (χ3n) is 3.61. The first-order valence-electron chi connectivity index (χ1n) is 7.39. The fourth-order valence-electron chi connectivity index (χ4n) is 2.38. The van der Waals surface area contributed by atoms with Crippen LogP contribution in [0.4, 0.5) is 5.69 Å². The fourth-order valence-corrected chi connectivity index (χ4v) is 4.43. The number of benzene rings is 1. The van der Waals surface area contributed by atoms with Crippen LogP contribution >= 0.6 is 11.3 Å². The summed E-state index contributed by atoms with van der Waals surface area (Å²) >= 11 is 1.18. The highest BCUT2D eigenvalue weighted by molar-refractivity contribution is 7.94. The third kappa shape index (κ3) is 2.99. The van der Waals surface area contributed by atoms with E-state index in [-0.39, 0.29) is 4.21 Å². The second-order valence-corrected chi connectivity index (χ2v) is 8.21. The molecule has 1 N–H and O–H groups in total. The van der Waals surface area contributed by atoms with Crippen molar-refractivity contribution in [3.8, 4) is 11.3 Å². The molecule has 7 nitrogen and oxygen atoms in total. The van der Waals surface area contributed by atoms with E-state index in [2.05, 4.69) is 20.0 Å². The molecule has 0 amide bonds. The molecule has 0 bridgehead atoms. The summed E-state index contributed by atoms with van der Waals surface area (Å²) in [6.07, 6.45) is 0. The summed E-state index contributed by atoms with van der Waals surface area (Å²) in [5, 5.41) is 14.2. The van der Waals surface area contributed by atoms with Crippen molar-refractivity contribution in [3.05, 3.63) is 59.7 Å². The Hall–Kier alpha value is -2.78. The van der Waals surface area contributed by atoms with Gasteiger partial charge in [0.05, 0.1) is 5.69 Å². The Bertz CT molecular complexity index is 1130. The number of rotatable bonds is 4. The minimum Gasteiger partial charge on any atom is -0.279 e. The zero-order chi connectivity index (χ0) is 17.4. The van der Waals surface area contributed by atoms with Crippen LogP contribution in [-0.2, 0) is 10.0 Å². The first kappa shape index (κ1) is 15.7. The summed E-state index contributed by atoms with van der Waals surface area (Å²) < 4.78 is 29.0. The van der Waals surface area contributed by atoms with E-state index in [1.165, 1.54) is 11.3 Å². The predicted octanol–water partition coefficient (Wildman–Crippen LogP) is 2.96. The lowest BCUT2D eigenvalue weighted by Gasteiger charge is -2.07. The van der Waals surface area contributed by atoms with Crippen molar-refractivity contribution in [3.63, 3.8) is 0 Å². The number of hydrogen-bond donors (Lipinski definition) is 1. The Kier molecular flexibility index (Phi) is 3.74. The highest BCUT2D eigenvalue weighted by Crippen LogP contribution is 2.23. The first-order valence-corrected chi connectivity index (χ1v) is 9.75. The first-order chi connectivity index (χ1) is 12.0. The summed E-state index contributed by atoms with van der Waals surface area (Å²) in [4.78, 5) is 0. The van der Waals surface area contributed by atoms with Crippen LogP contribution < -0.4 is 4.72 Å².